The van der Waals surface area contributed by atoms with Gasteiger partial charge < -0.3 is 10.6 Å². The molecule has 0 bridgehead atoms. The number of halogens is 2. The van der Waals surface area contributed by atoms with Crippen molar-refractivity contribution in [2.45, 2.75) is 25.8 Å². The molecular weight excluding hydrogens is 283 g/mol. The molecule has 0 radical (unpaired) electrons. The minimum atomic E-state index is -0.0742. The number of hydrogen-bond donors (Lipinski definition) is 1. The van der Waals surface area contributed by atoms with Crippen LogP contribution in [-0.2, 0) is 0 Å². The summed E-state index contributed by atoms with van der Waals surface area (Å²) in [4.78, 5) is 14.4. The molecule has 1 aliphatic rings. The molecule has 2 rings (SSSR count). The van der Waals surface area contributed by atoms with E-state index in [0.717, 1.165) is 19.4 Å². The summed E-state index contributed by atoms with van der Waals surface area (Å²) in [6.45, 7) is 3.40. The molecule has 104 valence electrons. The normalized spacial score (nSPS) is 23.5. The van der Waals surface area contributed by atoms with Crippen LogP contribution in [0.15, 0.2) is 18.2 Å². The number of nitrogens with zero attached hydrogens (tertiary/aromatic N) is 1. The van der Waals surface area contributed by atoms with Gasteiger partial charge in [0, 0.05) is 19.1 Å². The Kier molecular flexibility index (Phi) is 4.71. The lowest BCUT2D eigenvalue weighted by molar-refractivity contribution is 0.0574. The van der Waals surface area contributed by atoms with Crippen molar-refractivity contribution in [3.8, 4) is 0 Å². The molecule has 1 aromatic carbocycles. The fourth-order valence-electron chi connectivity index (χ4n) is 2.57. The van der Waals surface area contributed by atoms with Crippen LogP contribution in [-0.4, -0.2) is 29.9 Å². The van der Waals surface area contributed by atoms with Crippen molar-refractivity contribution < 1.29 is 4.79 Å². The van der Waals surface area contributed by atoms with Crippen molar-refractivity contribution in [3.05, 3.63) is 33.8 Å². The van der Waals surface area contributed by atoms with E-state index in [2.05, 4.69) is 6.92 Å². The van der Waals surface area contributed by atoms with E-state index in [9.17, 15) is 4.79 Å². The number of carbonyl (C=O) groups excluding carboxylic acids is 1. The highest BCUT2D eigenvalue weighted by molar-refractivity contribution is 6.43. The van der Waals surface area contributed by atoms with E-state index in [0.29, 0.717) is 28.1 Å². The summed E-state index contributed by atoms with van der Waals surface area (Å²) in [7, 11) is 0. The third-order valence-electron chi connectivity index (χ3n) is 3.69. The molecule has 0 aliphatic carbocycles. The minimum Gasteiger partial charge on any atom is -0.334 e. The number of nitrogens with two attached hydrogens (primary N) is 1. The molecule has 3 nitrogen and oxygen atoms in total. The zero-order valence-corrected chi connectivity index (χ0v) is 12.4. The molecule has 19 heavy (non-hydrogen) atoms. The largest absolute Gasteiger partial charge is 0.334 e. The summed E-state index contributed by atoms with van der Waals surface area (Å²) in [5, 5.41) is 0.728. The van der Waals surface area contributed by atoms with E-state index in [-0.39, 0.29) is 11.9 Å². The Bertz CT molecular complexity index is 479. The molecular formula is C14H18Cl2N2O. The maximum Gasteiger partial charge on any atom is 0.255 e. The van der Waals surface area contributed by atoms with Gasteiger partial charge in [-0.25, -0.2) is 0 Å². The Balaban J connectivity index is 2.25. The number of rotatable bonds is 2. The Labute approximate surface area is 123 Å². The average Bonchev–Trinajstić information content (AvgIpc) is 2.41. The van der Waals surface area contributed by atoms with Crippen LogP contribution in [0.5, 0.6) is 0 Å². The van der Waals surface area contributed by atoms with E-state index in [1.165, 1.54) is 0 Å². The first-order valence-electron chi connectivity index (χ1n) is 6.49. The van der Waals surface area contributed by atoms with Gasteiger partial charge in [-0.3, -0.25) is 4.79 Å². The van der Waals surface area contributed by atoms with Crippen LogP contribution in [0.1, 0.15) is 30.1 Å². The Hall–Kier alpha value is -0.770. The quantitative estimate of drug-likeness (QED) is 0.912. The lowest BCUT2D eigenvalue weighted by Crippen LogP contribution is -2.49. The fraction of sp³-hybridized carbons (Fsp3) is 0.500. The van der Waals surface area contributed by atoms with Gasteiger partial charge in [0.15, 0.2) is 0 Å². The zero-order chi connectivity index (χ0) is 14.0. The van der Waals surface area contributed by atoms with Gasteiger partial charge in [0.1, 0.15) is 0 Å². The summed E-state index contributed by atoms with van der Waals surface area (Å²) in [5.74, 6) is 0.530. The van der Waals surface area contributed by atoms with Gasteiger partial charge in [0.25, 0.3) is 5.91 Å². The summed E-state index contributed by atoms with van der Waals surface area (Å²) in [5.41, 5.74) is 6.25. The number of carbonyl (C=O) groups is 1. The number of hydrogen-bond acceptors (Lipinski definition) is 2. The molecule has 5 heteroatoms. The van der Waals surface area contributed by atoms with Crippen molar-refractivity contribution in [1.82, 2.24) is 4.90 Å². The molecule has 1 heterocycles. The lowest BCUT2D eigenvalue weighted by Gasteiger charge is -2.38. The van der Waals surface area contributed by atoms with E-state index in [4.69, 9.17) is 28.9 Å². The first-order valence-corrected chi connectivity index (χ1v) is 7.25. The SMILES string of the molecule is CC1CCN(C(=O)c2cccc(Cl)c2Cl)C(CN)C1. The zero-order valence-electron chi connectivity index (χ0n) is 10.9. The van der Waals surface area contributed by atoms with Crippen LogP contribution in [0.25, 0.3) is 0 Å². The van der Waals surface area contributed by atoms with E-state index in [1.807, 2.05) is 4.90 Å². The van der Waals surface area contributed by atoms with Gasteiger partial charge in [-0.2, -0.15) is 0 Å². The highest BCUT2D eigenvalue weighted by atomic mass is 35.5. The second-order valence-electron chi connectivity index (χ2n) is 5.12. The predicted molar refractivity (Wildman–Crippen MR) is 78.7 cm³/mol. The topological polar surface area (TPSA) is 46.3 Å². The number of benzene rings is 1. The Morgan fingerprint density at radius 1 is 1.47 bits per heavy atom. The predicted octanol–water partition coefficient (Wildman–Crippen LogP) is 3.19. The first-order chi connectivity index (χ1) is 9.04. The van der Waals surface area contributed by atoms with Gasteiger partial charge >= 0.3 is 0 Å². The maximum atomic E-state index is 12.6. The van der Waals surface area contributed by atoms with Crippen molar-refractivity contribution in [1.29, 1.82) is 0 Å². The summed E-state index contributed by atoms with van der Waals surface area (Å²) in [6, 6.07) is 5.22. The highest BCUT2D eigenvalue weighted by Gasteiger charge is 2.30. The molecule has 1 fully saturated rings. The number of likely N-dealkylation sites (tertiary alicyclic amines) is 1. The monoisotopic (exact) mass is 300 g/mol. The molecule has 2 unspecified atom stereocenters. The minimum absolute atomic E-state index is 0.0742. The number of amides is 1. The van der Waals surface area contributed by atoms with E-state index >= 15 is 0 Å². The van der Waals surface area contributed by atoms with E-state index in [1.54, 1.807) is 18.2 Å². The fourth-order valence-corrected chi connectivity index (χ4v) is 2.95. The first kappa shape index (κ1) is 14.6. The average molecular weight is 301 g/mol. The van der Waals surface area contributed by atoms with Gasteiger partial charge in [-0.05, 0) is 30.9 Å². The van der Waals surface area contributed by atoms with Crippen molar-refractivity contribution >= 4 is 29.1 Å². The molecule has 0 aromatic heterocycles. The molecule has 2 N–H and O–H groups in total. The van der Waals surface area contributed by atoms with Crippen molar-refractivity contribution in [2.24, 2.45) is 11.7 Å². The van der Waals surface area contributed by atoms with Gasteiger partial charge in [0.05, 0.1) is 15.6 Å². The van der Waals surface area contributed by atoms with Gasteiger partial charge in [-0.15, -0.1) is 0 Å². The van der Waals surface area contributed by atoms with Crippen LogP contribution in [0.3, 0.4) is 0 Å². The maximum absolute atomic E-state index is 12.6. The summed E-state index contributed by atoms with van der Waals surface area (Å²) >= 11 is 12.1. The standard InChI is InChI=1S/C14H18Cl2N2O/c1-9-5-6-18(10(7-9)8-17)14(19)11-3-2-4-12(15)13(11)16/h2-4,9-10H,5-8,17H2,1H3. The Morgan fingerprint density at radius 2 is 2.21 bits per heavy atom. The highest BCUT2D eigenvalue weighted by Crippen LogP contribution is 2.29. The van der Waals surface area contributed by atoms with Crippen LogP contribution < -0.4 is 5.73 Å². The van der Waals surface area contributed by atoms with E-state index < -0.39 is 0 Å². The number of piperidine rings is 1. The molecule has 1 saturated heterocycles. The summed E-state index contributed by atoms with van der Waals surface area (Å²) in [6.07, 6.45) is 1.95. The van der Waals surface area contributed by atoms with Crippen LogP contribution in [0.4, 0.5) is 0 Å². The third kappa shape index (κ3) is 3.04. The van der Waals surface area contributed by atoms with Crippen molar-refractivity contribution in [3.63, 3.8) is 0 Å². The van der Waals surface area contributed by atoms with Crippen LogP contribution in [0.2, 0.25) is 10.0 Å². The van der Waals surface area contributed by atoms with Crippen molar-refractivity contribution in [2.75, 3.05) is 13.1 Å². The second kappa shape index (κ2) is 6.12. The van der Waals surface area contributed by atoms with Crippen LogP contribution >= 0.6 is 23.2 Å². The molecule has 2 atom stereocenters. The second-order valence-corrected chi connectivity index (χ2v) is 5.90. The third-order valence-corrected chi connectivity index (χ3v) is 4.51. The summed E-state index contributed by atoms with van der Waals surface area (Å²) < 4.78 is 0. The smallest absolute Gasteiger partial charge is 0.255 e. The lowest BCUT2D eigenvalue weighted by atomic mass is 9.92. The molecule has 0 spiro atoms. The van der Waals surface area contributed by atoms with Gasteiger partial charge in [-0.1, -0.05) is 36.2 Å². The molecule has 1 aliphatic heterocycles. The molecule has 1 aromatic rings. The Morgan fingerprint density at radius 3 is 2.89 bits per heavy atom. The van der Waals surface area contributed by atoms with Gasteiger partial charge in [0.2, 0.25) is 0 Å². The molecule has 1 amide bonds. The van der Waals surface area contributed by atoms with Crippen LogP contribution in [0, 0.1) is 5.92 Å². The molecule has 0 saturated carbocycles.